The van der Waals surface area contributed by atoms with E-state index in [0.29, 0.717) is 13.0 Å². The van der Waals surface area contributed by atoms with E-state index in [4.69, 9.17) is 32.7 Å². The molecule has 4 aliphatic rings. The van der Waals surface area contributed by atoms with Gasteiger partial charge in [0.05, 0.1) is 37.7 Å². The van der Waals surface area contributed by atoms with Gasteiger partial charge in [-0.1, -0.05) is 39.5 Å². The molecule has 15 nitrogen and oxygen atoms in total. The van der Waals surface area contributed by atoms with Crippen LogP contribution in [0.25, 0.3) is 0 Å². The molecule has 0 radical (unpaired) electrons. The van der Waals surface area contributed by atoms with Crippen LogP contribution in [0.2, 0.25) is 0 Å². The Morgan fingerprint density at radius 3 is 1.58 bits per heavy atom. The number of likely N-dealkylation sites (tertiary alicyclic amines) is 2. The molecule has 4 aliphatic heterocycles. The minimum absolute atomic E-state index is 0.0338. The number of ether oxygens (including phenoxy) is 3. The summed E-state index contributed by atoms with van der Waals surface area (Å²) >= 11 is 0. The number of nitrogens with zero attached hydrogens (tertiary/aromatic N) is 4. The first-order valence-corrected chi connectivity index (χ1v) is 20.9. The van der Waals surface area contributed by atoms with Gasteiger partial charge in [-0.15, -0.1) is 12.8 Å². The van der Waals surface area contributed by atoms with Crippen LogP contribution < -0.4 is 10.6 Å². The van der Waals surface area contributed by atoms with Gasteiger partial charge < -0.3 is 34.9 Å². The minimum atomic E-state index is -1.06. The van der Waals surface area contributed by atoms with Crippen molar-refractivity contribution < 1.29 is 43.3 Å². The average molecular weight is 853 g/mol. The molecular weight excluding hydrogens is 793 g/mol. The van der Waals surface area contributed by atoms with Crippen molar-refractivity contribution in [2.75, 3.05) is 27.3 Å². The Labute approximate surface area is 365 Å². The number of rotatable bonds is 8. The first-order chi connectivity index (χ1) is 29.3. The minimum Gasteiger partial charge on any atom is -0.480 e. The molecule has 4 heterocycles. The number of hydrogen-bond donors (Lipinski definition) is 3. The Kier molecular flexibility index (Phi) is 16.7. The average Bonchev–Trinajstić information content (AvgIpc) is 4.06. The number of benzene rings is 2. The summed E-state index contributed by atoms with van der Waals surface area (Å²) in [5.41, 5.74) is 7.41. The molecule has 62 heavy (non-hydrogen) atoms. The molecule has 2 aromatic rings. The number of aliphatic carboxylic acids is 1. The van der Waals surface area contributed by atoms with Gasteiger partial charge in [-0.2, -0.15) is 0 Å². The molecule has 2 fully saturated rings. The van der Waals surface area contributed by atoms with Crippen molar-refractivity contribution in [3.8, 4) is 24.7 Å². The van der Waals surface area contributed by atoms with E-state index in [-0.39, 0.29) is 35.9 Å². The highest BCUT2D eigenvalue weighted by atomic mass is 16.6. The number of fused-ring (bicyclic) bond motifs is 2. The third kappa shape index (κ3) is 12.6. The number of carboxylic acids is 1. The van der Waals surface area contributed by atoms with Gasteiger partial charge in [0.15, 0.2) is 0 Å². The van der Waals surface area contributed by atoms with Gasteiger partial charge in [-0.25, -0.2) is 19.2 Å². The molecule has 0 aliphatic carbocycles. The molecule has 2 aromatic carbocycles. The molecule has 0 bridgehead atoms. The molecule has 6 rings (SSSR count). The van der Waals surface area contributed by atoms with Crippen LogP contribution in [0.3, 0.4) is 0 Å². The van der Waals surface area contributed by atoms with E-state index < -0.39 is 35.8 Å². The van der Waals surface area contributed by atoms with Crippen LogP contribution in [0.15, 0.2) is 46.4 Å². The summed E-state index contributed by atoms with van der Waals surface area (Å²) < 4.78 is 14.5. The summed E-state index contributed by atoms with van der Waals surface area (Å²) in [6.45, 7) is 14.3. The van der Waals surface area contributed by atoms with Crippen LogP contribution in [0.5, 0.6) is 0 Å². The molecule has 332 valence electrons. The maximum absolute atomic E-state index is 13.2. The molecule has 0 aromatic heterocycles. The highest BCUT2D eigenvalue weighted by molar-refractivity contribution is 6.01. The predicted molar refractivity (Wildman–Crippen MR) is 237 cm³/mol. The number of carboxylic acid groups (broad SMARTS) is 1. The summed E-state index contributed by atoms with van der Waals surface area (Å²) in [5.74, 6) is 3.96. The second-order valence-electron chi connectivity index (χ2n) is 17.1. The fourth-order valence-electron chi connectivity index (χ4n) is 7.62. The van der Waals surface area contributed by atoms with Crippen LogP contribution in [-0.4, -0.2) is 114 Å². The summed E-state index contributed by atoms with van der Waals surface area (Å²) in [6, 6.07) is 10.2. The lowest BCUT2D eigenvalue weighted by Crippen LogP contribution is -2.53. The normalized spacial score (nSPS) is 18.2. The van der Waals surface area contributed by atoms with E-state index in [1.165, 1.54) is 14.2 Å². The van der Waals surface area contributed by atoms with E-state index in [9.17, 15) is 24.0 Å². The predicted octanol–water partition coefficient (Wildman–Crippen LogP) is 6.82. The van der Waals surface area contributed by atoms with Crippen molar-refractivity contribution in [3.63, 3.8) is 0 Å². The Balaban J connectivity index is 0.000000220. The second kappa shape index (κ2) is 21.4. The van der Waals surface area contributed by atoms with Crippen molar-refractivity contribution in [1.82, 2.24) is 20.4 Å². The number of alkyl carbamates (subject to hydrolysis) is 2. The largest absolute Gasteiger partial charge is 0.480 e. The van der Waals surface area contributed by atoms with Crippen LogP contribution in [0, 0.1) is 36.5 Å². The number of carbonyl (C=O) groups is 5. The van der Waals surface area contributed by atoms with E-state index in [1.54, 1.807) is 13.8 Å². The van der Waals surface area contributed by atoms with Gasteiger partial charge >= 0.3 is 24.2 Å². The van der Waals surface area contributed by atoms with E-state index in [2.05, 4.69) is 31.9 Å². The molecule has 0 unspecified atom stereocenters. The SMILES string of the molecule is C#Cc1ccc2c(c1)CC([C@@H]1CCCN1C(=O)OC(C)(C)C)=N2.C#Cc1ccc2c(c1)CC([C@@H]1CCCN1C(=O)[C@@H](NC(=O)OC)C(C)C)=N2.COC(=O)N[C@H](C(=O)O)C(C)C. The topological polar surface area (TPSA) is 189 Å². The fraction of sp³-hybridized carbons (Fsp3) is 0.511. The molecule has 4 amide bonds. The number of hydrogen-bond acceptors (Lipinski definition) is 10. The number of nitrogens with one attached hydrogen (secondary N) is 2. The van der Waals surface area contributed by atoms with Gasteiger partial charge in [-0.3, -0.25) is 19.7 Å². The third-order valence-electron chi connectivity index (χ3n) is 10.7. The van der Waals surface area contributed by atoms with Crippen molar-refractivity contribution >= 4 is 53.0 Å². The molecule has 0 saturated carbocycles. The lowest BCUT2D eigenvalue weighted by atomic mass is 9.99. The Hall–Kier alpha value is -6.35. The zero-order valence-electron chi connectivity index (χ0n) is 37.2. The zero-order valence-corrected chi connectivity index (χ0v) is 37.2. The molecule has 0 spiro atoms. The summed E-state index contributed by atoms with van der Waals surface area (Å²) in [7, 11) is 2.49. The maximum atomic E-state index is 13.2. The zero-order chi connectivity index (χ0) is 45.9. The highest BCUT2D eigenvalue weighted by Crippen LogP contribution is 2.34. The second-order valence-corrected chi connectivity index (χ2v) is 17.1. The maximum Gasteiger partial charge on any atom is 0.410 e. The van der Waals surface area contributed by atoms with Crippen LogP contribution in [-0.2, 0) is 36.6 Å². The number of amides is 4. The van der Waals surface area contributed by atoms with Gasteiger partial charge in [0, 0.05) is 48.5 Å². The molecule has 3 N–H and O–H groups in total. The van der Waals surface area contributed by atoms with Crippen molar-refractivity contribution in [3.05, 3.63) is 58.7 Å². The number of aliphatic imine (C=N–C) groups is 2. The van der Waals surface area contributed by atoms with Crippen molar-refractivity contribution in [2.45, 2.75) is 117 Å². The van der Waals surface area contributed by atoms with Gasteiger partial charge in [-0.05, 0) is 106 Å². The smallest absolute Gasteiger partial charge is 0.410 e. The first-order valence-electron chi connectivity index (χ1n) is 20.9. The summed E-state index contributed by atoms with van der Waals surface area (Å²) in [6.07, 6.45) is 14.6. The van der Waals surface area contributed by atoms with Crippen LogP contribution >= 0.6 is 0 Å². The summed E-state index contributed by atoms with van der Waals surface area (Å²) in [4.78, 5) is 71.6. The van der Waals surface area contributed by atoms with E-state index >= 15 is 0 Å². The monoisotopic (exact) mass is 852 g/mol. The standard InChI is InChI=1S/C21H25N3O3.C19H22N2O2.C7H13NO4/c1-5-14-8-9-16-15(11-14)12-17(22-16)18-7-6-10-24(18)20(25)19(13(2)3)23-21(26)27-4;1-5-13-8-9-15-14(11-13)12-16(20-15)17-7-6-10-21(17)18(22)23-19(2,3)4;1-4(2)5(6(9)10)8-7(11)12-3/h1,8-9,11,13,18-19H,6-7,10,12H2,2-4H3,(H,23,26);1,8-9,11,17H,6-7,10,12H2,2-4H3;4-5H,1-3H3,(H,8,11)(H,9,10)/t18-,19-;17-;5-/m000/s1. The van der Waals surface area contributed by atoms with Crippen LogP contribution in [0.1, 0.15) is 96.4 Å². The molecule has 15 heteroatoms. The van der Waals surface area contributed by atoms with Crippen LogP contribution in [0.4, 0.5) is 25.8 Å². The highest BCUT2D eigenvalue weighted by Gasteiger charge is 2.39. The number of carbonyl (C=O) groups excluding carboxylic acids is 4. The van der Waals surface area contributed by atoms with Gasteiger partial charge in [0.1, 0.15) is 17.7 Å². The lowest BCUT2D eigenvalue weighted by molar-refractivity contribution is -0.140. The molecule has 2 saturated heterocycles. The molecule has 4 atom stereocenters. The van der Waals surface area contributed by atoms with Crippen molar-refractivity contribution in [1.29, 1.82) is 0 Å². The van der Waals surface area contributed by atoms with Crippen molar-refractivity contribution in [2.24, 2.45) is 21.8 Å². The molecular formula is C47H60N6O9. The Morgan fingerprint density at radius 2 is 1.18 bits per heavy atom. The third-order valence-corrected chi connectivity index (χ3v) is 10.7. The first kappa shape index (κ1) is 48.3. The summed E-state index contributed by atoms with van der Waals surface area (Å²) in [5, 5.41) is 13.5. The number of methoxy groups -OCH3 is 2. The van der Waals surface area contributed by atoms with E-state index in [1.807, 2.05) is 80.8 Å². The van der Waals surface area contributed by atoms with E-state index in [0.717, 1.165) is 83.7 Å². The number of terminal acetylenes is 2. The van der Waals surface area contributed by atoms with Gasteiger partial charge in [0.2, 0.25) is 5.91 Å². The fourth-order valence-corrected chi connectivity index (χ4v) is 7.62. The quantitative estimate of drug-likeness (QED) is 0.189. The van der Waals surface area contributed by atoms with Gasteiger partial charge in [0.25, 0.3) is 0 Å². The Bertz CT molecular complexity index is 2140. The lowest BCUT2D eigenvalue weighted by Gasteiger charge is -2.30. The Morgan fingerprint density at radius 1 is 0.742 bits per heavy atom.